The molecule has 0 N–H and O–H groups in total. The molecular weight excluding hydrogens is 212 g/mol. The van der Waals surface area contributed by atoms with E-state index in [9.17, 15) is 0 Å². The molecule has 16 heavy (non-hydrogen) atoms. The lowest BCUT2D eigenvalue weighted by Crippen LogP contribution is -1.82. The first kappa shape index (κ1) is 11.0. The van der Waals surface area contributed by atoms with Gasteiger partial charge in [-0.25, -0.2) is 0 Å². The Kier molecular flexibility index (Phi) is 3.16. The molecule has 0 aromatic heterocycles. The third-order valence-corrected chi connectivity index (χ3v) is 2.74. The van der Waals surface area contributed by atoms with Crippen LogP contribution in [-0.2, 0) is 0 Å². The summed E-state index contributed by atoms with van der Waals surface area (Å²) in [4.78, 5) is 0.771. The van der Waals surface area contributed by atoms with Crippen LogP contribution in [0.3, 0.4) is 0 Å². The minimum absolute atomic E-state index is 0.771. The van der Waals surface area contributed by atoms with E-state index in [1.165, 1.54) is 21.9 Å². The number of benzene rings is 2. The predicted octanol–water partition coefficient (Wildman–Crippen LogP) is 4.60. The zero-order valence-corrected chi connectivity index (χ0v) is 10.2. The largest absolute Gasteiger partial charge is 0.144 e. The zero-order valence-electron chi connectivity index (χ0n) is 9.27. The summed E-state index contributed by atoms with van der Waals surface area (Å²) in [5.41, 5.74) is 2.48. The van der Waals surface area contributed by atoms with Crippen LogP contribution in [0.1, 0.15) is 11.1 Å². The summed E-state index contributed by atoms with van der Waals surface area (Å²) >= 11 is 4.15. The molecule has 0 aliphatic carbocycles. The van der Waals surface area contributed by atoms with Crippen LogP contribution in [0.5, 0.6) is 0 Å². The Morgan fingerprint density at radius 1 is 1.19 bits per heavy atom. The first-order chi connectivity index (χ1) is 7.66. The van der Waals surface area contributed by atoms with Crippen molar-refractivity contribution in [3.05, 3.63) is 65.1 Å². The second-order valence-corrected chi connectivity index (χ2v) is 4.46. The van der Waals surface area contributed by atoms with Crippen LogP contribution >= 0.6 is 12.6 Å². The molecule has 0 spiro atoms. The first-order valence-electron chi connectivity index (χ1n) is 5.22. The van der Waals surface area contributed by atoms with Gasteiger partial charge in [0.25, 0.3) is 0 Å². The Bertz CT molecular complexity index is 565. The summed E-state index contributed by atoms with van der Waals surface area (Å²) in [6.07, 6.45) is 3.97. The summed E-state index contributed by atoms with van der Waals surface area (Å²) < 4.78 is 0. The van der Waals surface area contributed by atoms with Crippen molar-refractivity contribution in [3.8, 4) is 0 Å². The fourth-order valence-corrected chi connectivity index (χ4v) is 1.81. The zero-order chi connectivity index (χ0) is 11.5. The molecule has 0 saturated carbocycles. The highest BCUT2D eigenvalue weighted by atomic mass is 32.1. The molecule has 2 aromatic rings. The van der Waals surface area contributed by atoms with Crippen molar-refractivity contribution in [2.45, 2.75) is 6.92 Å². The van der Waals surface area contributed by atoms with Gasteiger partial charge < -0.3 is 0 Å². The molecule has 2 rings (SSSR count). The van der Waals surface area contributed by atoms with Gasteiger partial charge in [-0.2, -0.15) is 0 Å². The number of aryl methyl sites for hydroxylation is 1. The fourth-order valence-electron chi connectivity index (χ4n) is 1.74. The second kappa shape index (κ2) is 4.58. The Hall–Kier alpha value is -1.47. The Morgan fingerprint density at radius 2 is 1.81 bits per heavy atom. The van der Waals surface area contributed by atoms with E-state index in [4.69, 9.17) is 0 Å². The van der Waals surface area contributed by atoms with Gasteiger partial charge in [-0.05, 0) is 45.9 Å². The smallest absolute Gasteiger partial charge is 0.00318 e. The van der Waals surface area contributed by atoms with Gasteiger partial charge in [0, 0.05) is 0 Å². The van der Waals surface area contributed by atoms with Gasteiger partial charge in [-0.15, -0.1) is 12.6 Å². The minimum Gasteiger partial charge on any atom is -0.144 e. The first-order valence-corrected chi connectivity index (χ1v) is 5.67. The average molecular weight is 226 g/mol. The lowest BCUT2D eigenvalue weighted by molar-refractivity contribution is 1.47. The van der Waals surface area contributed by atoms with Gasteiger partial charge in [0.05, 0.1) is 0 Å². The maximum atomic E-state index is 4.15. The molecule has 0 unspecified atom stereocenters. The topological polar surface area (TPSA) is 0 Å². The number of hydrogen-bond donors (Lipinski definition) is 1. The number of allylic oxidation sites excluding steroid dienone is 1. The molecule has 0 fully saturated rings. The quantitative estimate of drug-likeness (QED) is 0.561. The van der Waals surface area contributed by atoms with Crippen molar-refractivity contribution >= 4 is 29.5 Å². The molecule has 0 saturated heterocycles. The van der Waals surface area contributed by atoms with E-state index in [0.29, 0.717) is 0 Å². The van der Waals surface area contributed by atoms with Crippen LogP contribution in [0.25, 0.3) is 16.8 Å². The van der Waals surface area contributed by atoms with Gasteiger partial charge in [0.2, 0.25) is 0 Å². The minimum atomic E-state index is 0.771. The molecule has 1 heteroatoms. The summed E-state index contributed by atoms with van der Waals surface area (Å²) in [5, 5.41) is 2.54. The third kappa shape index (κ3) is 2.37. The molecule has 2 aromatic carbocycles. The van der Waals surface area contributed by atoms with Crippen LogP contribution in [0.15, 0.2) is 54.0 Å². The maximum absolute atomic E-state index is 4.15. The van der Waals surface area contributed by atoms with Gasteiger partial charge in [-0.1, -0.05) is 43.0 Å². The molecule has 0 aliphatic heterocycles. The molecule has 80 valence electrons. The summed E-state index contributed by atoms with van der Waals surface area (Å²) in [6, 6.07) is 12.8. The molecule has 0 bridgehead atoms. The normalized spacial score (nSPS) is 11.1. The summed E-state index contributed by atoms with van der Waals surface area (Å²) in [6.45, 7) is 5.86. The Labute approximate surface area is 102 Å². The van der Waals surface area contributed by atoms with Gasteiger partial charge in [-0.3, -0.25) is 0 Å². The molecule has 0 aliphatic rings. The monoisotopic (exact) mass is 226 g/mol. The highest BCUT2D eigenvalue weighted by Crippen LogP contribution is 2.21. The predicted molar refractivity (Wildman–Crippen MR) is 75.8 cm³/mol. The molecule has 0 heterocycles. The van der Waals surface area contributed by atoms with Crippen molar-refractivity contribution in [1.82, 2.24) is 0 Å². The van der Waals surface area contributed by atoms with E-state index < -0.39 is 0 Å². The lowest BCUT2D eigenvalue weighted by Gasteiger charge is -2.04. The van der Waals surface area contributed by atoms with E-state index in [2.05, 4.69) is 68.6 Å². The highest BCUT2D eigenvalue weighted by Gasteiger charge is 1.97. The standard InChI is InChI=1S/C15H14S/c1-11-9-14-5-3-4-6-15(14)10-13(11)8-7-12(2)16/h3-10,16H,2H2,1H3/b8-7-. The average Bonchev–Trinajstić information content (AvgIpc) is 2.26. The van der Waals surface area contributed by atoms with Crippen molar-refractivity contribution in [1.29, 1.82) is 0 Å². The van der Waals surface area contributed by atoms with Gasteiger partial charge in [0.15, 0.2) is 0 Å². The summed E-state index contributed by atoms with van der Waals surface area (Å²) in [5.74, 6) is 0. The third-order valence-electron chi connectivity index (χ3n) is 2.59. The van der Waals surface area contributed by atoms with Crippen LogP contribution in [0.2, 0.25) is 0 Å². The lowest BCUT2D eigenvalue weighted by atomic mass is 10.0. The van der Waals surface area contributed by atoms with Crippen molar-refractivity contribution in [2.75, 3.05) is 0 Å². The van der Waals surface area contributed by atoms with Crippen LogP contribution in [0.4, 0.5) is 0 Å². The van der Waals surface area contributed by atoms with Crippen LogP contribution < -0.4 is 0 Å². The SMILES string of the molecule is C=C(S)/C=C\c1cc2ccccc2cc1C. The van der Waals surface area contributed by atoms with Crippen LogP contribution in [0, 0.1) is 6.92 Å². The van der Waals surface area contributed by atoms with E-state index in [0.717, 1.165) is 4.91 Å². The number of fused-ring (bicyclic) bond motifs is 1. The van der Waals surface area contributed by atoms with E-state index in [1.807, 2.05) is 6.08 Å². The molecule has 0 atom stereocenters. The number of rotatable bonds is 2. The van der Waals surface area contributed by atoms with Crippen LogP contribution in [-0.4, -0.2) is 0 Å². The number of thiol groups is 1. The Balaban J connectivity index is 2.54. The van der Waals surface area contributed by atoms with E-state index >= 15 is 0 Å². The van der Waals surface area contributed by atoms with E-state index in [-0.39, 0.29) is 0 Å². The number of hydrogen-bond acceptors (Lipinski definition) is 1. The second-order valence-electron chi connectivity index (χ2n) is 3.88. The molecule has 0 radical (unpaired) electrons. The Morgan fingerprint density at radius 3 is 2.44 bits per heavy atom. The highest BCUT2D eigenvalue weighted by molar-refractivity contribution is 7.84. The molecule has 0 nitrogen and oxygen atoms in total. The fraction of sp³-hybridized carbons (Fsp3) is 0.0667. The van der Waals surface area contributed by atoms with Crippen molar-refractivity contribution in [3.63, 3.8) is 0 Å². The van der Waals surface area contributed by atoms with Gasteiger partial charge >= 0.3 is 0 Å². The van der Waals surface area contributed by atoms with E-state index in [1.54, 1.807) is 0 Å². The van der Waals surface area contributed by atoms with Crippen molar-refractivity contribution < 1.29 is 0 Å². The summed E-state index contributed by atoms with van der Waals surface area (Å²) in [7, 11) is 0. The van der Waals surface area contributed by atoms with Crippen molar-refractivity contribution in [2.24, 2.45) is 0 Å². The maximum Gasteiger partial charge on any atom is -0.00318 e. The molecular formula is C15H14S. The van der Waals surface area contributed by atoms with Gasteiger partial charge in [0.1, 0.15) is 0 Å². The molecule has 0 amide bonds.